The first-order valence-electron chi connectivity index (χ1n) is 16.6. The number of rotatable bonds is 6. The maximum absolute atomic E-state index is 14.3. The standard InChI is InChI=1S/C35H31ClF3N7O5/c36-22-17-21(35(37,38)39)5-6-23(22)40-27(47)19-45-25-7-10-34(30(25)32(49)46-33(45)42-31(43-46)20-8-15-50-16-9-20)11-13-44(14-12-34)29(48)18-28-41-24-3-1-2-4-26(24)51-28/h1-6,8,17H,7,9-16,18-19H2,(H,40,47). The zero-order chi connectivity index (χ0) is 35.5. The fourth-order valence-electron chi connectivity index (χ4n) is 7.45. The van der Waals surface area contributed by atoms with Crippen LogP contribution in [0, 0.1) is 0 Å². The molecule has 8 rings (SSSR count). The summed E-state index contributed by atoms with van der Waals surface area (Å²) in [5.41, 5.74) is 1.50. The number of amides is 2. The summed E-state index contributed by atoms with van der Waals surface area (Å²) in [5, 5.41) is 6.96. The van der Waals surface area contributed by atoms with Gasteiger partial charge in [-0.15, -0.1) is 5.10 Å². The summed E-state index contributed by atoms with van der Waals surface area (Å²) < 4.78 is 53.7. The lowest BCUT2D eigenvalue weighted by Gasteiger charge is -2.39. The molecule has 51 heavy (non-hydrogen) atoms. The van der Waals surface area contributed by atoms with Gasteiger partial charge < -0.3 is 23.9 Å². The Hall–Kier alpha value is -5.02. The molecule has 1 saturated heterocycles. The first-order chi connectivity index (χ1) is 24.5. The molecule has 5 aromatic rings. The van der Waals surface area contributed by atoms with Crippen molar-refractivity contribution >= 4 is 51.6 Å². The Morgan fingerprint density at radius 3 is 2.57 bits per heavy atom. The molecule has 0 radical (unpaired) electrons. The molecule has 2 amide bonds. The SMILES string of the molecule is O=C(Cn1c2c(c(=O)n3nc(C4=CCOCC4)nc13)C1(CC2)CCN(C(=O)Cc2nc3ccccc3o2)CC1)Nc1ccc(C(F)(F)F)cc1Cl. The summed E-state index contributed by atoms with van der Waals surface area (Å²) in [6.45, 7) is 1.39. The van der Waals surface area contributed by atoms with Crippen LogP contribution in [0.25, 0.3) is 22.5 Å². The average molecular weight is 722 g/mol. The Morgan fingerprint density at radius 2 is 1.84 bits per heavy atom. The van der Waals surface area contributed by atoms with Crippen LogP contribution in [0.15, 0.2) is 57.8 Å². The van der Waals surface area contributed by atoms with E-state index < -0.39 is 23.1 Å². The van der Waals surface area contributed by atoms with Crippen molar-refractivity contribution in [3.63, 3.8) is 0 Å². The molecule has 5 heterocycles. The molecule has 3 aromatic heterocycles. The number of para-hydroxylation sites is 2. The minimum atomic E-state index is -4.59. The van der Waals surface area contributed by atoms with E-state index in [1.165, 1.54) is 4.52 Å². The Morgan fingerprint density at radius 1 is 1.04 bits per heavy atom. The number of alkyl halides is 3. The fourth-order valence-corrected chi connectivity index (χ4v) is 7.68. The van der Waals surface area contributed by atoms with Crippen LogP contribution in [0.1, 0.15) is 54.2 Å². The van der Waals surface area contributed by atoms with Gasteiger partial charge in [0.25, 0.3) is 5.56 Å². The molecule has 1 N–H and O–H groups in total. The molecule has 1 aliphatic carbocycles. The van der Waals surface area contributed by atoms with Crippen molar-refractivity contribution in [3.8, 4) is 0 Å². The molecule has 2 aliphatic heterocycles. The normalized spacial score (nSPS) is 17.3. The third-order valence-corrected chi connectivity index (χ3v) is 10.4. The molecule has 0 atom stereocenters. The highest BCUT2D eigenvalue weighted by Gasteiger charge is 2.46. The van der Waals surface area contributed by atoms with Gasteiger partial charge in [0.2, 0.25) is 23.5 Å². The number of oxazole rings is 1. The van der Waals surface area contributed by atoms with Gasteiger partial charge in [-0.1, -0.05) is 29.8 Å². The first-order valence-corrected chi connectivity index (χ1v) is 17.0. The molecule has 2 aromatic carbocycles. The number of carbonyl (C=O) groups is 2. The van der Waals surface area contributed by atoms with Gasteiger partial charge in [0.15, 0.2) is 11.4 Å². The number of nitrogens with zero attached hydrogens (tertiary/aromatic N) is 6. The minimum absolute atomic E-state index is 0.0178. The fraction of sp³-hybridized carbons (Fsp3) is 0.371. The Bertz CT molecular complexity index is 2270. The van der Waals surface area contributed by atoms with E-state index in [0.717, 1.165) is 23.8 Å². The molecule has 1 spiro atoms. The van der Waals surface area contributed by atoms with Crippen molar-refractivity contribution in [2.45, 2.75) is 56.7 Å². The van der Waals surface area contributed by atoms with E-state index >= 15 is 0 Å². The molecule has 264 valence electrons. The van der Waals surface area contributed by atoms with Crippen molar-refractivity contribution in [1.29, 1.82) is 0 Å². The number of piperidine rings is 1. The van der Waals surface area contributed by atoms with E-state index in [-0.39, 0.29) is 40.9 Å². The third kappa shape index (κ3) is 6.07. The number of likely N-dealkylation sites (tertiary alicyclic amines) is 1. The van der Waals surface area contributed by atoms with Crippen molar-refractivity contribution in [1.82, 2.24) is 29.0 Å². The highest BCUT2D eigenvalue weighted by Crippen LogP contribution is 2.45. The van der Waals surface area contributed by atoms with Gasteiger partial charge in [0.05, 0.1) is 29.5 Å². The van der Waals surface area contributed by atoms with E-state index in [1.54, 1.807) is 15.5 Å². The lowest BCUT2D eigenvalue weighted by atomic mass is 9.74. The lowest BCUT2D eigenvalue weighted by Crippen LogP contribution is -2.47. The van der Waals surface area contributed by atoms with Gasteiger partial charge in [-0.3, -0.25) is 14.4 Å². The van der Waals surface area contributed by atoms with Crippen LogP contribution < -0.4 is 10.9 Å². The molecule has 3 aliphatic rings. The number of hydrogen-bond donors (Lipinski definition) is 1. The predicted octanol–water partition coefficient (Wildman–Crippen LogP) is 5.20. The van der Waals surface area contributed by atoms with Crippen molar-refractivity contribution < 1.29 is 31.9 Å². The maximum Gasteiger partial charge on any atom is 0.416 e. The topological polar surface area (TPSA) is 137 Å². The van der Waals surface area contributed by atoms with Crippen LogP contribution in [0.5, 0.6) is 0 Å². The summed E-state index contributed by atoms with van der Waals surface area (Å²) in [6, 6.07) is 10.0. The van der Waals surface area contributed by atoms with Crippen LogP contribution in [0.2, 0.25) is 5.02 Å². The molecule has 0 bridgehead atoms. The van der Waals surface area contributed by atoms with Crippen LogP contribution in [-0.4, -0.2) is 67.2 Å². The minimum Gasteiger partial charge on any atom is -0.440 e. The number of ether oxygens (including phenoxy) is 1. The van der Waals surface area contributed by atoms with Gasteiger partial charge in [-0.25, -0.2) is 4.98 Å². The summed E-state index contributed by atoms with van der Waals surface area (Å²) in [4.78, 5) is 52.0. The van der Waals surface area contributed by atoms with Crippen molar-refractivity contribution in [3.05, 3.63) is 92.5 Å². The second-order valence-corrected chi connectivity index (χ2v) is 13.5. The molecular weight excluding hydrogens is 691 g/mol. The zero-order valence-electron chi connectivity index (χ0n) is 27.1. The van der Waals surface area contributed by atoms with Gasteiger partial charge in [0, 0.05) is 29.8 Å². The number of hydrogen-bond acceptors (Lipinski definition) is 8. The average Bonchev–Trinajstić information content (AvgIpc) is 3.84. The van der Waals surface area contributed by atoms with Crippen molar-refractivity contribution in [2.75, 3.05) is 31.6 Å². The van der Waals surface area contributed by atoms with E-state index in [1.807, 2.05) is 24.3 Å². The third-order valence-electron chi connectivity index (χ3n) is 10.1. The molecule has 12 nitrogen and oxygen atoms in total. The summed E-state index contributed by atoms with van der Waals surface area (Å²) in [5.74, 6) is 0.187. The van der Waals surface area contributed by atoms with Crippen LogP contribution in [0.3, 0.4) is 0 Å². The van der Waals surface area contributed by atoms with Crippen LogP contribution in [0.4, 0.5) is 18.9 Å². The van der Waals surface area contributed by atoms with E-state index in [2.05, 4.69) is 15.4 Å². The van der Waals surface area contributed by atoms with E-state index in [0.29, 0.717) is 92.5 Å². The summed E-state index contributed by atoms with van der Waals surface area (Å²) in [7, 11) is 0. The monoisotopic (exact) mass is 721 g/mol. The number of carbonyl (C=O) groups excluding carboxylic acids is 2. The number of fused-ring (bicyclic) bond motifs is 4. The van der Waals surface area contributed by atoms with Crippen LogP contribution in [-0.2, 0) is 45.3 Å². The summed E-state index contributed by atoms with van der Waals surface area (Å²) in [6.07, 6.45) is -0.0131. The number of aromatic nitrogens is 5. The molecule has 0 unspecified atom stereocenters. The number of halogens is 4. The van der Waals surface area contributed by atoms with Crippen LogP contribution >= 0.6 is 11.6 Å². The Balaban J connectivity index is 1.09. The van der Waals surface area contributed by atoms with Crippen molar-refractivity contribution in [2.24, 2.45) is 0 Å². The second kappa shape index (κ2) is 12.6. The highest BCUT2D eigenvalue weighted by molar-refractivity contribution is 6.33. The molecule has 0 saturated carbocycles. The Kier molecular flexibility index (Phi) is 8.21. The highest BCUT2D eigenvalue weighted by atomic mass is 35.5. The molecule has 16 heteroatoms. The van der Waals surface area contributed by atoms with E-state index in [9.17, 15) is 27.6 Å². The summed E-state index contributed by atoms with van der Waals surface area (Å²) >= 11 is 6.13. The molecule has 1 fully saturated rings. The second-order valence-electron chi connectivity index (χ2n) is 13.1. The number of benzene rings is 2. The predicted molar refractivity (Wildman–Crippen MR) is 179 cm³/mol. The van der Waals surface area contributed by atoms with Gasteiger partial charge in [0.1, 0.15) is 18.5 Å². The van der Waals surface area contributed by atoms with E-state index in [4.69, 9.17) is 25.7 Å². The van der Waals surface area contributed by atoms with Gasteiger partial charge >= 0.3 is 6.18 Å². The maximum atomic E-state index is 14.3. The van der Waals surface area contributed by atoms with Gasteiger partial charge in [-0.2, -0.15) is 22.7 Å². The smallest absolute Gasteiger partial charge is 0.416 e. The molecular formula is C35H31ClF3N7O5. The number of nitrogens with one attached hydrogen (secondary N) is 1. The Labute approximate surface area is 292 Å². The van der Waals surface area contributed by atoms with Gasteiger partial charge in [-0.05, 0) is 68.0 Å². The lowest BCUT2D eigenvalue weighted by molar-refractivity contribution is -0.137. The zero-order valence-corrected chi connectivity index (χ0v) is 27.9. The number of anilines is 1. The largest absolute Gasteiger partial charge is 0.440 e. The quantitative estimate of drug-likeness (QED) is 0.253. The first kappa shape index (κ1) is 33.1.